The molecule has 0 amide bonds. The van der Waals surface area contributed by atoms with Gasteiger partial charge in [-0.25, -0.2) is 4.79 Å². The van der Waals surface area contributed by atoms with Crippen molar-refractivity contribution in [1.29, 1.82) is 0 Å². The Morgan fingerprint density at radius 2 is 1.81 bits per heavy atom. The van der Waals surface area contributed by atoms with Gasteiger partial charge in [0.2, 0.25) is 6.79 Å². The molecule has 1 N–H and O–H groups in total. The molecular formula is C28H28ClNO6. The van der Waals surface area contributed by atoms with Crippen molar-refractivity contribution in [1.82, 2.24) is 5.32 Å². The molecule has 0 saturated carbocycles. The lowest BCUT2D eigenvalue weighted by molar-refractivity contribution is -0.140. The van der Waals surface area contributed by atoms with Gasteiger partial charge in [0.05, 0.1) is 12.2 Å². The standard InChI is InChI=1S/C28H28ClNO6/c1-3-33-10-11-34-28(32)25-16(2)30-21-12-19(17-4-7-20(29)8-5-17)13-22(31)27(21)26(25)18-6-9-23-24(14-18)36-15-35-23/h4-9,14,19,26,30H,3,10-13,15H2,1-2H3/t19-,26+/m0/s1. The Morgan fingerprint density at radius 3 is 2.58 bits per heavy atom. The molecule has 2 aromatic carbocycles. The van der Waals surface area contributed by atoms with Crippen LogP contribution in [0.4, 0.5) is 0 Å². The Labute approximate surface area is 215 Å². The summed E-state index contributed by atoms with van der Waals surface area (Å²) in [6, 6.07) is 13.2. The van der Waals surface area contributed by atoms with Gasteiger partial charge >= 0.3 is 5.97 Å². The van der Waals surface area contributed by atoms with E-state index in [0.29, 0.717) is 59.4 Å². The number of hydrogen-bond donors (Lipinski definition) is 1. The van der Waals surface area contributed by atoms with Gasteiger partial charge in [-0.3, -0.25) is 4.79 Å². The Balaban J connectivity index is 1.52. The Morgan fingerprint density at radius 1 is 1.06 bits per heavy atom. The molecule has 7 nitrogen and oxygen atoms in total. The summed E-state index contributed by atoms with van der Waals surface area (Å²) in [6.07, 6.45) is 0.989. The van der Waals surface area contributed by atoms with Gasteiger partial charge in [0.1, 0.15) is 6.61 Å². The van der Waals surface area contributed by atoms with Crippen LogP contribution in [-0.4, -0.2) is 38.4 Å². The second-order valence-electron chi connectivity index (χ2n) is 9.01. The van der Waals surface area contributed by atoms with Crippen molar-refractivity contribution in [3.63, 3.8) is 0 Å². The molecule has 0 aromatic heterocycles. The number of dihydropyridines is 1. The molecule has 3 aliphatic rings. The number of ether oxygens (including phenoxy) is 4. The maximum absolute atomic E-state index is 13.7. The van der Waals surface area contributed by atoms with E-state index in [1.54, 1.807) is 0 Å². The number of esters is 1. The molecule has 5 rings (SSSR count). The molecule has 2 aromatic rings. The van der Waals surface area contributed by atoms with Gasteiger partial charge < -0.3 is 24.3 Å². The Bertz CT molecular complexity index is 1250. The number of carbonyl (C=O) groups is 2. The highest BCUT2D eigenvalue weighted by atomic mass is 35.5. The fourth-order valence-electron chi connectivity index (χ4n) is 5.12. The lowest BCUT2D eigenvalue weighted by Gasteiger charge is -2.36. The summed E-state index contributed by atoms with van der Waals surface area (Å²) < 4.78 is 21.9. The van der Waals surface area contributed by atoms with Crippen LogP contribution in [0.2, 0.25) is 5.02 Å². The van der Waals surface area contributed by atoms with Crippen LogP contribution in [0.25, 0.3) is 0 Å². The number of benzene rings is 2. The lowest BCUT2D eigenvalue weighted by Crippen LogP contribution is -2.36. The first kappa shape index (κ1) is 24.4. The summed E-state index contributed by atoms with van der Waals surface area (Å²) in [5, 5.41) is 4.03. The zero-order valence-corrected chi connectivity index (χ0v) is 21.0. The molecule has 0 spiro atoms. The van der Waals surface area contributed by atoms with Crippen LogP contribution in [-0.2, 0) is 19.1 Å². The van der Waals surface area contributed by atoms with Crippen molar-refractivity contribution in [3.05, 3.63) is 81.2 Å². The van der Waals surface area contributed by atoms with Gasteiger partial charge in [0.15, 0.2) is 17.3 Å². The van der Waals surface area contributed by atoms with E-state index < -0.39 is 11.9 Å². The Kier molecular flexibility index (Phi) is 7.03. The third-order valence-corrected chi connectivity index (χ3v) is 7.04. The quantitative estimate of drug-likeness (QED) is 0.415. The van der Waals surface area contributed by atoms with E-state index in [4.69, 9.17) is 30.5 Å². The second-order valence-corrected chi connectivity index (χ2v) is 9.45. The molecule has 0 fully saturated rings. The van der Waals surface area contributed by atoms with E-state index in [9.17, 15) is 9.59 Å². The third-order valence-electron chi connectivity index (χ3n) is 6.78. The number of ketones is 1. The third kappa shape index (κ3) is 4.73. The summed E-state index contributed by atoms with van der Waals surface area (Å²) in [6.45, 7) is 4.86. The summed E-state index contributed by atoms with van der Waals surface area (Å²) in [4.78, 5) is 27.0. The molecule has 2 atom stereocenters. The van der Waals surface area contributed by atoms with Crippen LogP contribution >= 0.6 is 11.6 Å². The number of hydrogen-bond acceptors (Lipinski definition) is 7. The number of Topliss-reactive ketones (excluding diaryl/α,β-unsaturated/α-hetero) is 1. The zero-order chi connectivity index (χ0) is 25.2. The van der Waals surface area contributed by atoms with Gasteiger partial charge in [-0.2, -0.15) is 0 Å². The maximum atomic E-state index is 13.7. The van der Waals surface area contributed by atoms with Crippen LogP contribution in [0.5, 0.6) is 11.5 Å². The molecule has 0 radical (unpaired) electrons. The maximum Gasteiger partial charge on any atom is 0.336 e. The highest BCUT2D eigenvalue weighted by Crippen LogP contribution is 2.47. The summed E-state index contributed by atoms with van der Waals surface area (Å²) in [7, 11) is 0. The van der Waals surface area contributed by atoms with E-state index in [2.05, 4.69) is 5.32 Å². The van der Waals surface area contributed by atoms with Gasteiger partial charge in [-0.1, -0.05) is 29.8 Å². The molecule has 0 unspecified atom stereocenters. The number of rotatable bonds is 7. The van der Waals surface area contributed by atoms with E-state index in [1.165, 1.54) is 0 Å². The van der Waals surface area contributed by atoms with E-state index in [0.717, 1.165) is 16.8 Å². The predicted molar refractivity (Wildman–Crippen MR) is 134 cm³/mol. The van der Waals surface area contributed by atoms with Crippen molar-refractivity contribution in [3.8, 4) is 11.5 Å². The molecule has 188 valence electrons. The molecular weight excluding hydrogens is 482 g/mol. The largest absolute Gasteiger partial charge is 0.460 e. The molecule has 1 aliphatic carbocycles. The van der Waals surface area contributed by atoms with E-state index in [-0.39, 0.29) is 25.1 Å². The van der Waals surface area contributed by atoms with Crippen LogP contribution in [0.15, 0.2) is 65.0 Å². The minimum Gasteiger partial charge on any atom is -0.460 e. The molecule has 36 heavy (non-hydrogen) atoms. The van der Waals surface area contributed by atoms with Crippen molar-refractivity contribution in [2.75, 3.05) is 26.6 Å². The SMILES string of the molecule is CCOCCOC(=O)C1=C(C)NC2=C(C(=O)C[C@@H](c3ccc(Cl)cc3)C2)[C@@H]1c1ccc2c(c1)OCO2. The summed E-state index contributed by atoms with van der Waals surface area (Å²) in [5.41, 5.74) is 4.36. The minimum atomic E-state index is -0.575. The van der Waals surface area contributed by atoms with E-state index >= 15 is 0 Å². The molecule has 2 aliphatic heterocycles. The molecule has 0 bridgehead atoms. The highest BCUT2D eigenvalue weighted by Gasteiger charge is 2.41. The van der Waals surface area contributed by atoms with Crippen molar-refractivity contribution < 1.29 is 28.5 Å². The first-order valence-corrected chi connectivity index (χ1v) is 12.5. The highest BCUT2D eigenvalue weighted by molar-refractivity contribution is 6.30. The molecule has 8 heteroatoms. The average molecular weight is 510 g/mol. The second kappa shape index (κ2) is 10.4. The summed E-state index contributed by atoms with van der Waals surface area (Å²) in [5.74, 6) is 0.207. The number of halogens is 1. The van der Waals surface area contributed by atoms with Crippen LogP contribution in [0.3, 0.4) is 0 Å². The summed E-state index contributed by atoms with van der Waals surface area (Å²) >= 11 is 6.07. The molecule has 0 saturated heterocycles. The average Bonchev–Trinajstić information content (AvgIpc) is 3.34. The van der Waals surface area contributed by atoms with Gasteiger partial charge in [-0.05, 0) is 61.6 Å². The number of allylic oxidation sites excluding steroid dienone is 3. The smallest absolute Gasteiger partial charge is 0.336 e. The fraction of sp³-hybridized carbons (Fsp3) is 0.357. The molecule has 2 heterocycles. The topological polar surface area (TPSA) is 83.1 Å². The van der Waals surface area contributed by atoms with Crippen molar-refractivity contribution in [2.24, 2.45) is 0 Å². The van der Waals surface area contributed by atoms with Crippen LogP contribution in [0.1, 0.15) is 49.7 Å². The zero-order valence-electron chi connectivity index (χ0n) is 20.3. The number of fused-ring (bicyclic) bond motifs is 1. The number of carbonyl (C=O) groups excluding carboxylic acids is 2. The van der Waals surface area contributed by atoms with Crippen molar-refractivity contribution in [2.45, 2.75) is 38.5 Å². The van der Waals surface area contributed by atoms with Crippen LogP contribution in [0, 0.1) is 0 Å². The minimum absolute atomic E-state index is 0.00140. The van der Waals surface area contributed by atoms with Crippen molar-refractivity contribution >= 4 is 23.4 Å². The van der Waals surface area contributed by atoms with Gasteiger partial charge in [0, 0.05) is 40.9 Å². The predicted octanol–water partition coefficient (Wildman–Crippen LogP) is 5.01. The monoisotopic (exact) mass is 509 g/mol. The first-order valence-electron chi connectivity index (χ1n) is 12.1. The normalized spacial score (nSPS) is 20.8. The lowest BCUT2D eigenvalue weighted by atomic mass is 9.71. The van der Waals surface area contributed by atoms with Crippen LogP contribution < -0.4 is 14.8 Å². The van der Waals surface area contributed by atoms with Gasteiger partial charge in [-0.15, -0.1) is 0 Å². The first-order chi connectivity index (χ1) is 17.5. The number of nitrogens with one attached hydrogen (secondary N) is 1. The van der Waals surface area contributed by atoms with Gasteiger partial charge in [0.25, 0.3) is 0 Å². The Hall–Kier alpha value is -3.29. The van der Waals surface area contributed by atoms with E-state index in [1.807, 2.05) is 56.3 Å². The fourth-order valence-corrected chi connectivity index (χ4v) is 5.25.